The van der Waals surface area contributed by atoms with Crippen LogP contribution in [0.2, 0.25) is 5.02 Å². The number of hydrogen-bond acceptors (Lipinski definition) is 4. The highest BCUT2D eigenvalue weighted by Gasteiger charge is 2.31. The van der Waals surface area contributed by atoms with Crippen molar-refractivity contribution in [1.82, 2.24) is 9.21 Å². The summed E-state index contributed by atoms with van der Waals surface area (Å²) < 4.78 is 27.7. The van der Waals surface area contributed by atoms with Gasteiger partial charge in [-0.15, -0.1) is 0 Å². The molecule has 5 nitrogen and oxygen atoms in total. The van der Waals surface area contributed by atoms with Crippen molar-refractivity contribution >= 4 is 60.9 Å². The molecule has 1 aliphatic heterocycles. The molecule has 9 heteroatoms. The molecule has 0 saturated carbocycles. The van der Waals surface area contributed by atoms with Gasteiger partial charge in [0.05, 0.1) is 5.02 Å². The van der Waals surface area contributed by atoms with E-state index in [9.17, 15) is 13.2 Å². The number of halogens is 2. The molecule has 0 radical (unpaired) electrons. The SMILES string of the molecule is O=C(/C=C/c1ccsc1)N1CCN(S(=O)(=O)c2ccc(Br)cc2Cl)CC1. The molecular weight excluding hydrogens is 460 g/mol. The van der Waals surface area contributed by atoms with Crippen LogP contribution in [0.4, 0.5) is 0 Å². The predicted molar refractivity (Wildman–Crippen MR) is 108 cm³/mol. The number of thiophene rings is 1. The van der Waals surface area contributed by atoms with E-state index in [1.807, 2.05) is 16.8 Å². The third-order valence-electron chi connectivity index (χ3n) is 4.02. The lowest BCUT2D eigenvalue weighted by molar-refractivity contribution is -0.127. The first kappa shape index (κ1) is 19.6. The normalized spacial score (nSPS) is 16.3. The highest BCUT2D eigenvalue weighted by Crippen LogP contribution is 2.28. The summed E-state index contributed by atoms with van der Waals surface area (Å²) in [6, 6.07) is 6.63. The van der Waals surface area contributed by atoms with Crippen LogP contribution in [0, 0.1) is 0 Å². The van der Waals surface area contributed by atoms with Crippen LogP contribution in [0.25, 0.3) is 6.08 Å². The van der Waals surface area contributed by atoms with Crippen LogP contribution >= 0.6 is 38.9 Å². The lowest BCUT2D eigenvalue weighted by Gasteiger charge is -2.33. The van der Waals surface area contributed by atoms with Gasteiger partial charge in [0.1, 0.15) is 4.90 Å². The van der Waals surface area contributed by atoms with Gasteiger partial charge >= 0.3 is 0 Å². The number of sulfonamides is 1. The largest absolute Gasteiger partial charge is 0.337 e. The predicted octanol–water partition coefficient (Wildman–Crippen LogP) is 3.71. The van der Waals surface area contributed by atoms with Crippen molar-refractivity contribution in [2.45, 2.75) is 4.90 Å². The molecule has 1 fully saturated rings. The maximum Gasteiger partial charge on any atom is 0.246 e. The summed E-state index contributed by atoms with van der Waals surface area (Å²) in [5.41, 5.74) is 0.981. The Morgan fingerprint density at radius 1 is 1.19 bits per heavy atom. The van der Waals surface area contributed by atoms with E-state index in [1.54, 1.807) is 34.4 Å². The van der Waals surface area contributed by atoms with Gasteiger partial charge < -0.3 is 4.90 Å². The van der Waals surface area contributed by atoms with Crippen molar-refractivity contribution in [3.63, 3.8) is 0 Å². The average molecular weight is 476 g/mol. The number of carbonyl (C=O) groups is 1. The molecule has 26 heavy (non-hydrogen) atoms. The van der Waals surface area contributed by atoms with Crippen molar-refractivity contribution in [2.75, 3.05) is 26.2 Å². The summed E-state index contributed by atoms with van der Waals surface area (Å²) in [7, 11) is -3.68. The van der Waals surface area contributed by atoms with Gasteiger partial charge in [-0.25, -0.2) is 8.42 Å². The number of nitrogens with zero attached hydrogens (tertiary/aromatic N) is 2. The van der Waals surface area contributed by atoms with E-state index in [0.717, 1.165) is 5.56 Å². The van der Waals surface area contributed by atoms with Gasteiger partial charge in [0.2, 0.25) is 15.9 Å². The van der Waals surface area contributed by atoms with Gasteiger partial charge in [-0.3, -0.25) is 4.79 Å². The van der Waals surface area contributed by atoms with Crippen LogP contribution in [-0.2, 0) is 14.8 Å². The van der Waals surface area contributed by atoms with E-state index in [1.165, 1.54) is 16.4 Å². The quantitative estimate of drug-likeness (QED) is 0.634. The van der Waals surface area contributed by atoms with Gasteiger partial charge in [0, 0.05) is 36.7 Å². The molecule has 1 aliphatic rings. The summed E-state index contributed by atoms with van der Waals surface area (Å²) in [6.45, 7) is 1.18. The summed E-state index contributed by atoms with van der Waals surface area (Å²) in [5, 5.41) is 4.08. The Bertz CT molecular complexity index is 921. The molecule has 0 unspecified atom stereocenters. The standard InChI is InChI=1S/C17H16BrClN2O3S2/c18-14-2-3-16(15(19)11-14)26(23,24)21-8-6-20(7-9-21)17(22)4-1-13-5-10-25-12-13/h1-5,10-12H,6-9H2/b4-1+. The zero-order valence-electron chi connectivity index (χ0n) is 13.6. The maximum absolute atomic E-state index is 12.8. The van der Waals surface area contributed by atoms with Crippen molar-refractivity contribution in [1.29, 1.82) is 0 Å². The fourth-order valence-electron chi connectivity index (χ4n) is 2.62. The zero-order chi connectivity index (χ0) is 18.7. The second kappa shape index (κ2) is 8.22. The van der Waals surface area contributed by atoms with Gasteiger partial charge in [-0.05, 0) is 46.7 Å². The molecule has 0 atom stereocenters. The van der Waals surface area contributed by atoms with E-state index < -0.39 is 10.0 Å². The van der Waals surface area contributed by atoms with Crippen LogP contribution in [0.1, 0.15) is 5.56 Å². The molecule has 2 aromatic rings. The Morgan fingerprint density at radius 3 is 2.54 bits per heavy atom. The maximum atomic E-state index is 12.8. The van der Waals surface area contributed by atoms with Gasteiger partial charge in [-0.2, -0.15) is 15.6 Å². The first-order valence-corrected chi connectivity index (χ1v) is 11.4. The molecule has 0 bridgehead atoms. The molecule has 0 spiro atoms. The van der Waals surface area contributed by atoms with Crippen molar-refractivity contribution in [2.24, 2.45) is 0 Å². The molecule has 0 aliphatic carbocycles. The summed E-state index contributed by atoms with van der Waals surface area (Å²) in [6.07, 6.45) is 3.29. The average Bonchev–Trinajstić information content (AvgIpc) is 3.13. The smallest absolute Gasteiger partial charge is 0.246 e. The summed E-state index contributed by atoms with van der Waals surface area (Å²) in [4.78, 5) is 14.0. The second-order valence-electron chi connectivity index (χ2n) is 5.69. The Hall–Kier alpha value is -1.19. The fourth-order valence-corrected chi connectivity index (χ4v) is 5.68. The number of carbonyl (C=O) groups excluding carboxylic acids is 1. The van der Waals surface area contributed by atoms with Crippen LogP contribution in [0.5, 0.6) is 0 Å². The van der Waals surface area contributed by atoms with Crippen LogP contribution in [-0.4, -0.2) is 49.7 Å². The number of hydrogen-bond donors (Lipinski definition) is 0. The summed E-state index contributed by atoms with van der Waals surface area (Å²) >= 11 is 10.9. The Labute approximate surface area is 170 Å². The molecule has 0 N–H and O–H groups in total. The van der Waals surface area contributed by atoms with Gasteiger partial charge in [-0.1, -0.05) is 27.5 Å². The topological polar surface area (TPSA) is 57.7 Å². The van der Waals surface area contributed by atoms with E-state index >= 15 is 0 Å². The minimum Gasteiger partial charge on any atom is -0.337 e. The molecule has 1 saturated heterocycles. The zero-order valence-corrected chi connectivity index (χ0v) is 17.6. The van der Waals surface area contributed by atoms with Crippen LogP contribution in [0.3, 0.4) is 0 Å². The molecular formula is C17H16BrClN2O3S2. The minimum atomic E-state index is -3.68. The van der Waals surface area contributed by atoms with Gasteiger partial charge in [0.15, 0.2) is 0 Å². The summed E-state index contributed by atoms with van der Waals surface area (Å²) in [5.74, 6) is -0.116. The highest BCUT2D eigenvalue weighted by atomic mass is 79.9. The van der Waals surface area contributed by atoms with Crippen LogP contribution in [0.15, 0.2) is 50.5 Å². The number of amides is 1. The molecule has 1 aromatic heterocycles. The monoisotopic (exact) mass is 474 g/mol. The minimum absolute atomic E-state index is 0.0829. The molecule has 3 rings (SSSR count). The van der Waals surface area contributed by atoms with Crippen molar-refractivity contribution < 1.29 is 13.2 Å². The third kappa shape index (κ3) is 4.37. The van der Waals surface area contributed by atoms with Crippen LogP contribution < -0.4 is 0 Å². The molecule has 138 valence electrons. The fraction of sp³-hybridized carbons (Fsp3) is 0.235. The molecule has 2 heterocycles. The third-order valence-corrected chi connectivity index (χ3v) is 7.60. The van der Waals surface area contributed by atoms with E-state index in [4.69, 9.17) is 11.6 Å². The van der Waals surface area contributed by atoms with E-state index in [2.05, 4.69) is 15.9 Å². The molecule has 1 aromatic carbocycles. The number of rotatable bonds is 4. The lowest BCUT2D eigenvalue weighted by Crippen LogP contribution is -2.50. The Balaban J connectivity index is 1.65. The first-order valence-electron chi connectivity index (χ1n) is 7.82. The Morgan fingerprint density at radius 2 is 1.92 bits per heavy atom. The number of piperazine rings is 1. The number of benzene rings is 1. The Kier molecular flexibility index (Phi) is 6.19. The molecule has 1 amide bonds. The van der Waals surface area contributed by atoms with E-state index in [0.29, 0.717) is 17.6 Å². The lowest BCUT2D eigenvalue weighted by atomic mass is 10.3. The highest BCUT2D eigenvalue weighted by molar-refractivity contribution is 9.10. The van der Waals surface area contributed by atoms with Gasteiger partial charge in [0.25, 0.3) is 0 Å². The first-order chi connectivity index (χ1) is 12.4. The van der Waals surface area contributed by atoms with E-state index in [-0.39, 0.29) is 28.9 Å². The second-order valence-corrected chi connectivity index (χ2v) is 9.70. The van der Waals surface area contributed by atoms with Crippen molar-refractivity contribution in [3.05, 3.63) is 56.2 Å². The van der Waals surface area contributed by atoms with Crippen molar-refractivity contribution in [3.8, 4) is 0 Å².